The fraction of sp³-hybridized carbons (Fsp3) is 0.409. The highest BCUT2D eigenvalue weighted by Crippen LogP contribution is 2.41. The molecule has 2 heterocycles. The summed E-state index contributed by atoms with van der Waals surface area (Å²) in [5.74, 6) is 0.0496. The number of nitro groups is 1. The van der Waals surface area contributed by atoms with Crippen LogP contribution in [0.2, 0.25) is 0 Å². The molecule has 1 aliphatic carbocycles. The minimum absolute atomic E-state index is 0.0249. The number of fused-ring (bicyclic) bond motifs is 1. The summed E-state index contributed by atoms with van der Waals surface area (Å²) in [6.45, 7) is 9.66. The molecule has 156 valence electrons. The van der Waals surface area contributed by atoms with Gasteiger partial charge in [0.15, 0.2) is 5.65 Å². The van der Waals surface area contributed by atoms with E-state index in [1.54, 1.807) is 19.1 Å². The second kappa shape index (κ2) is 6.90. The molecule has 1 amide bonds. The van der Waals surface area contributed by atoms with Crippen molar-refractivity contribution in [3.63, 3.8) is 0 Å². The Morgan fingerprint density at radius 1 is 1.27 bits per heavy atom. The monoisotopic (exact) mass is 407 g/mol. The van der Waals surface area contributed by atoms with Gasteiger partial charge >= 0.3 is 0 Å². The van der Waals surface area contributed by atoms with E-state index in [9.17, 15) is 14.9 Å². The highest BCUT2D eigenvalue weighted by molar-refractivity contribution is 6.13. The summed E-state index contributed by atoms with van der Waals surface area (Å²) in [6, 6.07) is 6.52. The molecule has 4 rings (SSSR count). The molecule has 1 N–H and O–H groups in total. The third-order valence-electron chi connectivity index (χ3n) is 5.46. The van der Waals surface area contributed by atoms with Crippen molar-refractivity contribution < 1.29 is 9.72 Å². The molecule has 0 unspecified atom stereocenters. The van der Waals surface area contributed by atoms with Gasteiger partial charge in [-0.15, -0.1) is 0 Å². The molecule has 0 aliphatic heterocycles. The van der Waals surface area contributed by atoms with Crippen molar-refractivity contribution in [2.75, 3.05) is 5.32 Å². The Balaban J connectivity index is 1.84. The molecular weight excluding hydrogens is 382 g/mol. The number of hydrogen-bond acceptors (Lipinski definition) is 5. The normalized spacial score (nSPS) is 14.2. The lowest BCUT2D eigenvalue weighted by molar-refractivity contribution is -0.385. The molecule has 8 heteroatoms. The number of benzene rings is 1. The van der Waals surface area contributed by atoms with Crippen molar-refractivity contribution in [1.29, 1.82) is 0 Å². The zero-order chi connectivity index (χ0) is 21.8. The maximum Gasteiger partial charge on any atom is 0.274 e. The van der Waals surface area contributed by atoms with Crippen molar-refractivity contribution >= 4 is 28.3 Å². The number of anilines is 1. The second-order valence-electron chi connectivity index (χ2n) is 8.90. The van der Waals surface area contributed by atoms with Crippen molar-refractivity contribution in [2.24, 2.45) is 0 Å². The van der Waals surface area contributed by atoms with E-state index in [2.05, 4.69) is 31.2 Å². The molecule has 1 aromatic carbocycles. The van der Waals surface area contributed by atoms with Crippen LogP contribution in [0.3, 0.4) is 0 Å². The molecule has 0 bridgehead atoms. The number of nitrogens with one attached hydrogen (secondary N) is 1. The van der Waals surface area contributed by atoms with Crippen LogP contribution in [0, 0.1) is 24.0 Å². The Kier molecular flexibility index (Phi) is 4.60. The van der Waals surface area contributed by atoms with Gasteiger partial charge in [0.25, 0.3) is 11.6 Å². The molecule has 3 aromatic rings. The SMILES string of the molecule is Cc1c(NC(=O)c2cc(C3CC3)nc3c2c(C)nn3C(C)(C)C)cccc1[N+](=O)[O-]. The van der Waals surface area contributed by atoms with E-state index in [1.807, 2.05) is 17.7 Å². The molecule has 0 saturated heterocycles. The van der Waals surface area contributed by atoms with E-state index >= 15 is 0 Å². The number of rotatable bonds is 4. The van der Waals surface area contributed by atoms with E-state index in [1.165, 1.54) is 6.07 Å². The van der Waals surface area contributed by atoms with Crippen LogP contribution in [0.25, 0.3) is 11.0 Å². The number of aryl methyl sites for hydroxylation is 1. The fourth-order valence-corrected chi connectivity index (χ4v) is 3.69. The van der Waals surface area contributed by atoms with Crippen molar-refractivity contribution in [2.45, 2.75) is 58.9 Å². The number of nitrogens with zero attached hydrogens (tertiary/aromatic N) is 4. The van der Waals surface area contributed by atoms with Crippen molar-refractivity contribution in [3.05, 3.63) is 56.9 Å². The summed E-state index contributed by atoms with van der Waals surface area (Å²) in [5.41, 5.74) is 3.36. The summed E-state index contributed by atoms with van der Waals surface area (Å²) in [5, 5.41) is 19.5. The third kappa shape index (κ3) is 3.42. The molecule has 8 nitrogen and oxygen atoms in total. The van der Waals surface area contributed by atoms with Gasteiger partial charge in [-0.3, -0.25) is 14.9 Å². The summed E-state index contributed by atoms with van der Waals surface area (Å²) < 4.78 is 1.87. The highest BCUT2D eigenvalue weighted by atomic mass is 16.6. The van der Waals surface area contributed by atoms with E-state index < -0.39 is 4.92 Å². The number of carbonyl (C=O) groups excluding carboxylic acids is 1. The van der Waals surface area contributed by atoms with E-state index in [-0.39, 0.29) is 17.1 Å². The number of pyridine rings is 1. The zero-order valence-corrected chi connectivity index (χ0v) is 17.8. The van der Waals surface area contributed by atoms with Crippen molar-refractivity contribution in [3.8, 4) is 0 Å². The average Bonchev–Trinajstić information content (AvgIpc) is 3.45. The lowest BCUT2D eigenvalue weighted by Gasteiger charge is -2.20. The Labute approximate surface area is 174 Å². The largest absolute Gasteiger partial charge is 0.321 e. The van der Waals surface area contributed by atoms with Gasteiger partial charge in [-0.2, -0.15) is 5.10 Å². The van der Waals surface area contributed by atoms with Gasteiger partial charge in [-0.1, -0.05) is 6.07 Å². The first-order valence-corrected chi connectivity index (χ1v) is 10.0. The lowest BCUT2D eigenvalue weighted by Crippen LogP contribution is -2.24. The van der Waals surface area contributed by atoms with Crippen molar-refractivity contribution in [1.82, 2.24) is 14.8 Å². The molecule has 2 aromatic heterocycles. The van der Waals surface area contributed by atoms with Crippen LogP contribution in [0.15, 0.2) is 24.3 Å². The van der Waals surface area contributed by atoms with E-state index in [0.717, 1.165) is 29.6 Å². The van der Waals surface area contributed by atoms with Gasteiger partial charge in [0.2, 0.25) is 0 Å². The quantitative estimate of drug-likeness (QED) is 0.492. The van der Waals surface area contributed by atoms with E-state index in [4.69, 9.17) is 4.98 Å². The van der Waals surface area contributed by atoms with Crippen LogP contribution >= 0.6 is 0 Å². The molecular formula is C22H25N5O3. The molecule has 0 spiro atoms. The van der Waals surface area contributed by atoms with Gasteiger partial charge < -0.3 is 5.32 Å². The van der Waals surface area contributed by atoms with Gasteiger partial charge in [-0.05, 0) is 59.6 Å². The van der Waals surface area contributed by atoms with Crippen LogP contribution in [0.1, 0.15) is 66.8 Å². The minimum Gasteiger partial charge on any atom is -0.321 e. The molecule has 1 fully saturated rings. The van der Waals surface area contributed by atoms with Crippen LogP contribution in [0.5, 0.6) is 0 Å². The van der Waals surface area contributed by atoms with Gasteiger partial charge in [-0.25, -0.2) is 9.67 Å². The van der Waals surface area contributed by atoms with Gasteiger partial charge in [0.05, 0.1) is 38.4 Å². The topological polar surface area (TPSA) is 103 Å². The number of amides is 1. The minimum atomic E-state index is -0.446. The smallest absolute Gasteiger partial charge is 0.274 e. The number of hydrogen-bond donors (Lipinski definition) is 1. The Hall–Kier alpha value is -3.29. The summed E-state index contributed by atoms with van der Waals surface area (Å²) in [6.07, 6.45) is 2.12. The number of nitro benzene ring substituents is 1. The average molecular weight is 407 g/mol. The molecule has 30 heavy (non-hydrogen) atoms. The van der Waals surface area contributed by atoms with E-state index in [0.29, 0.717) is 28.4 Å². The maximum absolute atomic E-state index is 13.3. The third-order valence-corrected chi connectivity index (χ3v) is 5.46. The Morgan fingerprint density at radius 2 is 1.97 bits per heavy atom. The Morgan fingerprint density at radius 3 is 2.57 bits per heavy atom. The Bertz CT molecular complexity index is 1190. The first-order chi connectivity index (χ1) is 14.1. The fourth-order valence-electron chi connectivity index (χ4n) is 3.69. The number of carbonyl (C=O) groups is 1. The zero-order valence-electron chi connectivity index (χ0n) is 17.8. The first-order valence-electron chi connectivity index (χ1n) is 10.0. The molecule has 0 radical (unpaired) electrons. The molecule has 1 saturated carbocycles. The summed E-state index contributed by atoms with van der Waals surface area (Å²) >= 11 is 0. The first kappa shape index (κ1) is 20.0. The summed E-state index contributed by atoms with van der Waals surface area (Å²) in [4.78, 5) is 29.0. The standard InChI is InChI=1S/C22H25N5O3/c1-12-16(7-6-8-18(12)27(29)30)24-21(28)15-11-17(14-9-10-14)23-20-19(15)13(2)25-26(20)22(3,4)5/h6-8,11,14H,9-10H2,1-5H3,(H,24,28). The second-order valence-corrected chi connectivity index (χ2v) is 8.90. The predicted molar refractivity (Wildman–Crippen MR) is 115 cm³/mol. The van der Waals surface area contributed by atoms with Crippen LogP contribution in [-0.2, 0) is 5.54 Å². The van der Waals surface area contributed by atoms with Gasteiger partial charge in [0, 0.05) is 17.7 Å². The summed E-state index contributed by atoms with van der Waals surface area (Å²) in [7, 11) is 0. The van der Waals surface area contributed by atoms with Gasteiger partial charge in [0.1, 0.15) is 0 Å². The van der Waals surface area contributed by atoms with Crippen LogP contribution in [-0.4, -0.2) is 25.6 Å². The van der Waals surface area contributed by atoms with Crippen LogP contribution < -0.4 is 5.32 Å². The molecule has 1 aliphatic rings. The maximum atomic E-state index is 13.3. The van der Waals surface area contributed by atoms with Crippen LogP contribution in [0.4, 0.5) is 11.4 Å². The molecule has 0 atom stereocenters. The lowest BCUT2D eigenvalue weighted by atomic mass is 10.1. The number of aromatic nitrogens is 3. The predicted octanol–water partition coefficient (Wildman–Crippen LogP) is 4.84. The highest BCUT2D eigenvalue weighted by Gasteiger charge is 2.30.